The van der Waals surface area contributed by atoms with E-state index in [9.17, 15) is 9.59 Å². The predicted octanol–water partition coefficient (Wildman–Crippen LogP) is 5.31. The summed E-state index contributed by atoms with van der Waals surface area (Å²) in [7, 11) is 0. The number of hydrogen-bond donors (Lipinski definition) is 0. The molecular formula is C29H29N3O2S. The van der Waals surface area contributed by atoms with Crippen molar-refractivity contribution in [3.8, 4) is 0 Å². The number of anilines is 2. The van der Waals surface area contributed by atoms with Gasteiger partial charge in [-0.1, -0.05) is 65.4 Å². The van der Waals surface area contributed by atoms with Gasteiger partial charge in [0.25, 0.3) is 11.8 Å². The molecule has 0 aromatic heterocycles. The lowest BCUT2D eigenvalue weighted by molar-refractivity contribution is -0.121. The number of nitrogens with zero attached hydrogens (tertiary/aromatic N) is 3. The standard InChI is InChI=1S/C29H29N3O2S/c1-20-9-12-24(13-10-20)35-27-26(31-17-15-30(16-18-31)23-7-5-4-6-8-23)28(33)32(29(27)34)25-14-11-21(2)19-22(25)3/h4-14,19H,15-18H2,1-3H3. The summed E-state index contributed by atoms with van der Waals surface area (Å²) in [5.74, 6) is -0.474. The third kappa shape index (κ3) is 4.58. The van der Waals surface area contributed by atoms with Gasteiger partial charge in [-0.05, 0) is 56.7 Å². The molecule has 0 saturated carbocycles. The quantitative estimate of drug-likeness (QED) is 0.460. The third-order valence-electron chi connectivity index (χ3n) is 6.57. The van der Waals surface area contributed by atoms with E-state index in [4.69, 9.17) is 0 Å². The number of aryl methyl sites for hydroxylation is 3. The van der Waals surface area contributed by atoms with Crippen molar-refractivity contribution >= 4 is 35.0 Å². The van der Waals surface area contributed by atoms with Crippen LogP contribution in [0.25, 0.3) is 0 Å². The molecule has 1 fully saturated rings. The molecule has 5 rings (SSSR count). The summed E-state index contributed by atoms with van der Waals surface area (Å²) in [4.78, 5) is 34.8. The molecule has 0 bridgehead atoms. The Balaban J connectivity index is 1.47. The Morgan fingerprint density at radius 1 is 0.686 bits per heavy atom. The molecule has 3 aromatic carbocycles. The average Bonchev–Trinajstić information content (AvgIpc) is 3.10. The summed E-state index contributed by atoms with van der Waals surface area (Å²) in [6, 6.07) is 24.3. The molecule has 1 saturated heterocycles. The number of carbonyl (C=O) groups excluding carboxylic acids is 2. The molecule has 178 valence electrons. The maximum atomic E-state index is 13.8. The van der Waals surface area contributed by atoms with E-state index in [1.807, 2.05) is 81.4 Å². The van der Waals surface area contributed by atoms with Crippen LogP contribution >= 0.6 is 11.8 Å². The van der Waals surface area contributed by atoms with E-state index in [2.05, 4.69) is 21.9 Å². The number of imide groups is 1. The van der Waals surface area contributed by atoms with Gasteiger partial charge >= 0.3 is 0 Å². The first-order valence-corrected chi connectivity index (χ1v) is 12.7. The van der Waals surface area contributed by atoms with Crippen LogP contribution in [0.4, 0.5) is 11.4 Å². The van der Waals surface area contributed by atoms with Gasteiger partial charge in [0.05, 0.1) is 5.69 Å². The SMILES string of the molecule is Cc1ccc(SC2=C(N3CCN(c4ccccc4)CC3)C(=O)N(c3ccc(C)cc3C)C2=O)cc1. The largest absolute Gasteiger partial charge is 0.368 e. The van der Waals surface area contributed by atoms with Gasteiger partial charge in [0.2, 0.25) is 0 Å². The Labute approximate surface area is 211 Å². The summed E-state index contributed by atoms with van der Waals surface area (Å²) in [6.45, 7) is 8.95. The molecule has 0 aliphatic carbocycles. The molecule has 5 nitrogen and oxygen atoms in total. The monoisotopic (exact) mass is 483 g/mol. The zero-order chi connectivity index (χ0) is 24.5. The maximum absolute atomic E-state index is 13.8. The van der Waals surface area contributed by atoms with Crippen molar-refractivity contribution < 1.29 is 9.59 Å². The molecule has 3 aromatic rings. The predicted molar refractivity (Wildman–Crippen MR) is 143 cm³/mol. The van der Waals surface area contributed by atoms with E-state index in [1.165, 1.54) is 22.3 Å². The van der Waals surface area contributed by atoms with Gasteiger partial charge < -0.3 is 9.80 Å². The molecule has 0 radical (unpaired) electrons. The van der Waals surface area contributed by atoms with E-state index < -0.39 is 0 Å². The molecule has 0 N–H and O–H groups in total. The number of hydrogen-bond acceptors (Lipinski definition) is 5. The maximum Gasteiger partial charge on any atom is 0.283 e. The lowest BCUT2D eigenvalue weighted by atomic mass is 10.1. The zero-order valence-electron chi connectivity index (χ0n) is 20.3. The Bertz CT molecular complexity index is 1290. The van der Waals surface area contributed by atoms with Crippen LogP contribution in [0.5, 0.6) is 0 Å². The number of rotatable bonds is 5. The summed E-state index contributed by atoms with van der Waals surface area (Å²) in [6.07, 6.45) is 0. The second-order valence-electron chi connectivity index (χ2n) is 9.14. The van der Waals surface area contributed by atoms with Gasteiger partial charge in [0.15, 0.2) is 0 Å². The van der Waals surface area contributed by atoms with Crippen molar-refractivity contribution in [1.29, 1.82) is 0 Å². The van der Waals surface area contributed by atoms with E-state index in [0.29, 0.717) is 29.4 Å². The van der Waals surface area contributed by atoms with Crippen LogP contribution in [0.2, 0.25) is 0 Å². The molecule has 2 aliphatic rings. The Morgan fingerprint density at radius 3 is 1.97 bits per heavy atom. The van der Waals surface area contributed by atoms with Crippen molar-refractivity contribution in [3.63, 3.8) is 0 Å². The molecule has 6 heteroatoms. The van der Waals surface area contributed by atoms with Gasteiger partial charge in [-0.3, -0.25) is 9.59 Å². The highest BCUT2D eigenvalue weighted by Gasteiger charge is 2.43. The number of para-hydroxylation sites is 1. The van der Waals surface area contributed by atoms with Crippen molar-refractivity contribution in [2.45, 2.75) is 25.7 Å². The molecule has 35 heavy (non-hydrogen) atoms. The first kappa shape index (κ1) is 23.2. The van der Waals surface area contributed by atoms with Crippen LogP contribution < -0.4 is 9.80 Å². The number of benzene rings is 3. The van der Waals surface area contributed by atoms with Crippen LogP contribution in [0.1, 0.15) is 16.7 Å². The fraction of sp³-hybridized carbons (Fsp3) is 0.241. The minimum Gasteiger partial charge on any atom is -0.368 e. The Kier molecular flexibility index (Phi) is 6.39. The van der Waals surface area contributed by atoms with Gasteiger partial charge in [-0.2, -0.15) is 0 Å². The van der Waals surface area contributed by atoms with Crippen LogP contribution in [-0.2, 0) is 9.59 Å². The smallest absolute Gasteiger partial charge is 0.283 e. The van der Waals surface area contributed by atoms with Crippen molar-refractivity contribution in [2.24, 2.45) is 0 Å². The van der Waals surface area contributed by atoms with Crippen LogP contribution in [0.3, 0.4) is 0 Å². The first-order chi connectivity index (χ1) is 16.9. The van der Waals surface area contributed by atoms with Crippen molar-refractivity contribution in [2.75, 3.05) is 36.0 Å². The molecule has 0 unspecified atom stereocenters. The van der Waals surface area contributed by atoms with E-state index >= 15 is 0 Å². The zero-order valence-corrected chi connectivity index (χ0v) is 21.1. The van der Waals surface area contributed by atoms with Gasteiger partial charge in [0, 0.05) is 36.8 Å². The van der Waals surface area contributed by atoms with Gasteiger partial charge in [0.1, 0.15) is 10.6 Å². The molecule has 2 aliphatic heterocycles. The number of carbonyl (C=O) groups is 2. The summed E-state index contributed by atoms with van der Waals surface area (Å²) >= 11 is 1.39. The van der Waals surface area contributed by atoms with E-state index in [0.717, 1.165) is 34.7 Å². The highest BCUT2D eigenvalue weighted by Crippen LogP contribution is 2.40. The Hall–Kier alpha value is -3.51. The lowest BCUT2D eigenvalue weighted by Gasteiger charge is -2.37. The van der Waals surface area contributed by atoms with Gasteiger partial charge in [-0.15, -0.1) is 0 Å². The minimum atomic E-state index is -0.243. The minimum absolute atomic E-state index is 0.232. The molecule has 2 amide bonds. The number of amides is 2. The highest BCUT2D eigenvalue weighted by molar-refractivity contribution is 8.04. The normalized spacial score (nSPS) is 16.5. The summed E-state index contributed by atoms with van der Waals surface area (Å²) in [5.41, 5.74) is 5.54. The van der Waals surface area contributed by atoms with Crippen LogP contribution in [0, 0.1) is 20.8 Å². The van der Waals surface area contributed by atoms with E-state index in [-0.39, 0.29) is 11.8 Å². The fourth-order valence-corrected chi connectivity index (χ4v) is 5.69. The summed E-state index contributed by atoms with van der Waals surface area (Å²) < 4.78 is 0. The fourth-order valence-electron chi connectivity index (χ4n) is 4.70. The third-order valence-corrected chi connectivity index (χ3v) is 7.65. The van der Waals surface area contributed by atoms with Crippen LogP contribution in [0.15, 0.2) is 88.3 Å². The van der Waals surface area contributed by atoms with Gasteiger partial charge in [-0.25, -0.2) is 4.90 Å². The average molecular weight is 484 g/mol. The second kappa shape index (κ2) is 9.62. The number of piperazine rings is 1. The molecule has 2 heterocycles. The lowest BCUT2D eigenvalue weighted by Crippen LogP contribution is -2.47. The molecular weight excluding hydrogens is 454 g/mol. The number of thioether (sulfide) groups is 1. The van der Waals surface area contributed by atoms with E-state index in [1.54, 1.807) is 0 Å². The topological polar surface area (TPSA) is 43.9 Å². The van der Waals surface area contributed by atoms with Crippen molar-refractivity contribution in [1.82, 2.24) is 4.90 Å². The first-order valence-electron chi connectivity index (χ1n) is 11.9. The summed E-state index contributed by atoms with van der Waals surface area (Å²) in [5, 5.41) is 0. The second-order valence-corrected chi connectivity index (χ2v) is 10.2. The van der Waals surface area contributed by atoms with Crippen molar-refractivity contribution in [3.05, 3.63) is 100 Å². The highest BCUT2D eigenvalue weighted by atomic mass is 32.2. The molecule has 0 spiro atoms. The molecule has 0 atom stereocenters. The van der Waals surface area contributed by atoms with Crippen LogP contribution in [-0.4, -0.2) is 42.9 Å². The Morgan fingerprint density at radius 2 is 1.31 bits per heavy atom.